The lowest BCUT2D eigenvalue weighted by molar-refractivity contribution is -0.143. The van der Waals surface area contributed by atoms with E-state index in [-0.39, 0.29) is 12.0 Å². The molecule has 0 rings (SSSR count). The quantitative estimate of drug-likeness (QED) is 0.621. The van der Waals surface area contributed by atoms with E-state index in [1.807, 2.05) is 7.05 Å². The Morgan fingerprint density at radius 3 is 2.38 bits per heavy atom. The molecule has 1 unspecified atom stereocenters. The zero-order valence-electron chi connectivity index (χ0n) is 9.13. The number of carbonyl (C=O) groups excluding carboxylic acids is 1. The largest absolute Gasteiger partial charge is 0.468 e. The van der Waals surface area contributed by atoms with Gasteiger partial charge in [-0.3, -0.25) is 4.79 Å². The molecule has 0 radical (unpaired) electrons. The fourth-order valence-electron chi connectivity index (χ4n) is 0.925. The first kappa shape index (κ1) is 12.4. The SMILES string of the molecule is CNC(CN(C)C(C)C)C(=O)OC. The molecule has 0 bridgehead atoms. The summed E-state index contributed by atoms with van der Waals surface area (Å²) in [5.41, 5.74) is 0. The number of ether oxygens (including phenoxy) is 1. The Bertz CT molecular complexity index is 160. The number of hydrogen-bond donors (Lipinski definition) is 1. The van der Waals surface area contributed by atoms with Gasteiger partial charge in [-0.25, -0.2) is 0 Å². The molecule has 0 aliphatic carbocycles. The highest BCUT2D eigenvalue weighted by atomic mass is 16.5. The highest BCUT2D eigenvalue weighted by Crippen LogP contribution is 1.97. The van der Waals surface area contributed by atoms with Crippen molar-refractivity contribution in [1.82, 2.24) is 10.2 Å². The number of nitrogens with one attached hydrogen (secondary N) is 1. The summed E-state index contributed by atoms with van der Waals surface area (Å²) >= 11 is 0. The van der Waals surface area contributed by atoms with Crippen molar-refractivity contribution in [3.63, 3.8) is 0 Å². The molecule has 0 fully saturated rings. The fraction of sp³-hybridized carbons (Fsp3) is 0.889. The minimum Gasteiger partial charge on any atom is -0.468 e. The lowest BCUT2D eigenvalue weighted by atomic mass is 10.2. The number of methoxy groups -OCH3 is 1. The maximum Gasteiger partial charge on any atom is 0.324 e. The van der Waals surface area contributed by atoms with Gasteiger partial charge in [0.15, 0.2) is 0 Å². The summed E-state index contributed by atoms with van der Waals surface area (Å²) in [4.78, 5) is 13.3. The molecule has 0 saturated heterocycles. The van der Waals surface area contributed by atoms with Crippen molar-refractivity contribution in [2.75, 3.05) is 27.7 Å². The van der Waals surface area contributed by atoms with Gasteiger partial charge >= 0.3 is 5.97 Å². The number of nitrogens with zero attached hydrogens (tertiary/aromatic N) is 1. The molecule has 78 valence electrons. The van der Waals surface area contributed by atoms with E-state index in [4.69, 9.17) is 0 Å². The second-order valence-electron chi connectivity index (χ2n) is 3.40. The topological polar surface area (TPSA) is 41.6 Å². The first-order valence-corrected chi connectivity index (χ1v) is 4.48. The lowest BCUT2D eigenvalue weighted by Crippen LogP contribution is -2.45. The molecule has 4 heteroatoms. The summed E-state index contributed by atoms with van der Waals surface area (Å²) in [6.45, 7) is 4.84. The maximum atomic E-state index is 11.2. The molecule has 0 aromatic carbocycles. The second-order valence-corrected chi connectivity index (χ2v) is 3.40. The van der Waals surface area contributed by atoms with Crippen molar-refractivity contribution >= 4 is 5.97 Å². The van der Waals surface area contributed by atoms with E-state index >= 15 is 0 Å². The maximum absolute atomic E-state index is 11.2. The molecular formula is C9H20N2O2. The Balaban J connectivity index is 4.05. The number of hydrogen-bond acceptors (Lipinski definition) is 4. The fourth-order valence-corrected chi connectivity index (χ4v) is 0.925. The Morgan fingerprint density at radius 2 is 2.08 bits per heavy atom. The van der Waals surface area contributed by atoms with E-state index in [9.17, 15) is 4.79 Å². The third-order valence-electron chi connectivity index (χ3n) is 2.19. The van der Waals surface area contributed by atoms with E-state index in [2.05, 4.69) is 28.8 Å². The van der Waals surface area contributed by atoms with Crippen LogP contribution in [0.1, 0.15) is 13.8 Å². The molecule has 13 heavy (non-hydrogen) atoms. The highest BCUT2D eigenvalue weighted by Gasteiger charge is 2.19. The van der Waals surface area contributed by atoms with Gasteiger partial charge in [-0.15, -0.1) is 0 Å². The van der Waals surface area contributed by atoms with Crippen LogP contribution in [0.2, 0.25) is 0 Å². The van der Waals surface area contributed by atoms with Crippen LogP contribution in [0.4, 0.5) is 0 Å². The zero-order valence-corrected chi connectivity index (χ0v) is 9.13. The van der Waals surface area contributed by atoms with Crippen LogP contribution < -0.4 is 5.32 Å². The molecule has 0 spiro atoms. The van der Waals surface area contributed by atoms with Gasteiger partial charge in [0.1, 0.15) is 6.04 Å². The standard InChI is InChI=1S/C9H20N2O2/c1-7(2)11(4)6-8(10-3)9(12)13-5/h7-8,10H,6H2,1-5H3. The minimum absolute atomic E-state index is 0.213. The van der Waals surface area contributed by atoms with Crippen molar-refractivity contribution in [3.8, 4) is 0 Å². The predicted octanol–water partition coefficient (Wildman–Crippen LogP) is 0.0876. The third-order valence-corrected chi connectivity index (χ3v) is 2.19. The molecule has 0 amide bonds. The second kappa shape index (κ2) is 5.94. The molecule has 0 aliphatic rings. The van der Waals surface area contributed by atoms with Gasteiger partial charge in [-0.2, -0.15) is 0 Å². The molecule has 0 saturated carbocycles. The van der Waals surface area contributed by atoms with Crippen molar-refractivity contribution < 1.29 is 9.53 Å². The summed E-state index contributed by atoms with van der Waals surface area (Å²) in [7, 11) is 5.15. The van der Waals surface area contributed by atoms with E-state index in [0.717, 1.165) is 0 Å². The van der Waals surface area contributed by atoms with Crippen molar-refractivity contribution in [1.29, 1.82) is 0 Å². The zero-order chi connectivity index (χ0) is 10.4. The Hall–Kier alpha value is -0.610. The van der Waals surface area contributed by atoms with Gasteiger partial charge in [0.2, 0.25) is 0 Å². The predicted molar refractivity (Wildman–Crippen MR) is 52.6 cm³/mol. The van der Waals surface area contributed by atoms with Gasteiger partial charge in [0, 0.05) is 12.6 Å². The van der Waals surface area contributed by atoms with Gasteiger partial charge in [0.05, 0.1) is 7.11 Å². The molecule has 0 heterocycles. The summed E-state index contributed by atoms with van der Waals surface area (Å²) in [6.07, 6.45) is 0. The summed E-state index contributed by atoms with van der Waals surface area (Å²) < 4.78 is 4.66. The van der Waals surface area contributed by atoms with Crippen LogP contribution in [0.25, 0.3) is 0 Å². The van der Waals surface area contributed by atoms with E-state index in [1.54, 1.807) is 7.05 Å². The van der Waals surface area contributed by atoms with Gasteiger partial charge in [-0.1, -0.05) is 0 Å². The number of carbonyl (C=O) groups is 1. The van der Waals surface area contributed by atoms with E-state index in [1.165, 1.54) is 7.11 Å². The Kier molecular flexibility index (Phi) is 5.66. The average Bonchev–Trinajstić information content (AvgIpc) is 2.12. The number of esters is 1. The number of likely N-dealkylation sites (N-methyl/N-ethyl adjacent to an activating group) is 2. The van der Waals surface area contributed by atoms with Gasteiger partial charge < -0.3 is 15.0 Å². The smallest absolute Gasteiger partial charge is 0.324 e. The summed E-state index contributed by atoms with van der Waals surface area (Å²) in [5.74, 6) is -0.213. The lowest BCUT2D eigenvalue weighted by Gasteiger charge is -2.25. The first-order valence-electron chi connectivity index (χ1n) is 4.48. The molecule has 0 aromatic rings. The van der Waals surface area contributed by atoms with Crippen LogP contribution in [0.15, 0.2) is 0 Å². The summed E-state index contributed by atoms with van der Waals surface area (Å²) in [5, 5.41) is 2.92. The highest BCUT2D eigenvalue weighted by molar-refractivity contribution is 5.75. The first-order chi connectivity index (χ1) is 6.02. The summed E-state index contributed by atoms with van der Waals surface area (Å²) in [6, 6.07) is 0.193. The van der Waals surface area contributed by atoms with Crippen molar-refractivity contribution in [2.24, 2.45) is 0 Å². The molecule has 0 aliphatic heterocycles. The van der Waals surface area contributed by atoms with E-state index < -0.39 is 0 Å². The van der Waals surface area contributed by atoms with Crippen LogP contribution in [0, 0.1) is 0 Å². The van der Waals surface area contributed by atoms with Gasteiger partial charge in [-0.05, 0) is 27.9 Å². The van der Waals surface area contributed by atoms with Crippen LogP contribution in [0.3, 0.4) is 0 Å². The third kappa shape index (κ3) is 4.24. The monoisotopic (exact) mass is 188 g/mol. The van der Waals surface area contributed by atoms with Crippen molar-refractivity contribution in [2.45, 2.75) is 25.9 Å². The number of rotatable bonds is 5. The molecule has 4 nitrogen and oxygen atoms in total. The Morgan fingerprint density at radius 1 is 1.54 bits per heavy atom. The van der Waals surface area contributed by atoms with Crippen molar-refractivity contribution in [3.05, 3.63) is 0 Å². The van der Waals surface area contributed by atoms with Crippen LogP contribution >= 0.6 is 0 Å². The minimum atomic E-state index is -0.239. The Labute approximate surface area is 80.2 Å². The van der Waals surface area contributed by atoms with Gasteiger partial charge in [0.25, 0.3) is 0 Å². The molecule has 0 aromatic heterocycles. The van der Waals surface area contributed by atoms with E-state index in [0.29, 0.717) is 12.6 Å². The van der Waals surface area contributed by atoms with Crippen LogP contribution in [-0.2, 0) is 9.53 Å². The normalized spacial score (nSPS) is 13.5. The molecule has 1 N–H and O–H groups in total. The molecular weight excluding hydrogens is 168 g/mol. The van der Waals surface area contributed by atoms with Crippen LogP contribution in [0.5, 0.6) is 0 Å². The average molecular weight is 188 g/mol. The van der Waals surface area contributed by atoms with Crippen LogP contribution in [-0.4, -0.2) is 50.7 Å². The molecule has 1 atom stereocenters.